The van der Waals surface area contributed by atoms with E-state index in [1.807, 2.05) is 0 Å². The van der Waals surface area contributed by atoms with Gasteiger partial charge in [0, 0.05) is 24.4 Å². The SMILES string of the molecule is Cc1ncc2c(c1O)[C@H](c1c(O)n(C)c(=O)[nH]c1=O)OC2. The molecular weight excluding hydrogens is 278 g/mol. The van der Waals surface area contributed by atoms with Crippen LogP contribution in [0.25, 0.3) is 0 Å². The molecule has 2 aromatic rings. The number of aryl methyl sites for hydroxylation is 1. The number of aromatic amines is 1. The maximum Gasteiger partial charge on any atom is 0.330 e. The minimum absolute atomic E-state index is 0.0809. The Kier molecular flexibility index (Phi) is 2.84. The van der Waals surface area contributed by atoms with Gasteiger partial charge in [0.1, 0.15) is 17.4 Å². The number of ether oxygens (including phenoxy) is 1. The Morgan fingerprint density at radius 2 is 2.10 bits per heavy atom. The topological polar surface area (TPSA) is 117 Å². The largest absolute Gasteiger partial charge is 0.506 e. The summed E-state index contributed by atoms with van der Waals surface area (Å²) in [6.45, 7) is 1.78. The van der Waals surface area contributed by atoms with Gasteiger partial charge < -0.3 is 14.9 Å². The van der Waals surface area contributed by atoms with Gasteiger partial charge in [-0.15, -0.1) is 0 Å². The highest BCUT2D eigenvalue weighted by molar-refractivity contribution is 5.49. The van der Waals surface area contributed by atoms with Crippen LogP contribution < -0.4 is 11.2 Å². The van der Waals surface area contributed by atoms with Crippen molar-refractivity contribution < 1.29 is 14.9 Å². The number of aromatic hydroxyl groups is 2. The molecule has 0 amide bonds. The van der Waals surface area contributed by atoms with Crippen molar-refractivity contribution in [1.82, 2.24) is 14.5 Å². The van der Waals surface area contributed by atoms with Crippen LogP contribution in [0.1, 0.15) is 28.5 Å². The minimum atomic E-state index is -0.947. The summed E-state index contributed by atoms with van der Waals surface area (Å²) in [5, 5.41) is 20.2. The third-order valence-electron chi connectivity index (χ3n) is 3.62. The molecule has 1 atom stereocenters. The molecule has 1 aliphatic heterocycles. The lowest BCUT2D eigenvalue weighted by Gasteiger charge is -2.15. The van der Waals surface area contributed by atoms with Crippen LogP contribution in [-0.4, -0.2) is 24.7 Å². The van der Waals surface area contributed by atoms with Gasteiger partial charge in [-0.05, 0) is 6.92 Å². The Morgan fingerprint density at radius 1 is 1.38 bits per heavy atom. The Morgan fingerprint density at radius 3 is 2.81 bits per heavy atom. The molecule has 0 saturated carbocycles. The molecule has 3 rings (SSSR count). The summed E-state index contributed by atoms with van der Waals surface area (Å²) in [6, 6.07) is 0. The van der Waals surface area contributed by atoms with E-state index in [4.69, 9.17) is 4.74 Å². The molecule has 0 unspecified atom stereocenters. The standard InChI is InChI=1S/C13H13N3O5/c1-5-9(17)7-6(3-14-5)4-21-10(7)8-11(18)15-13(20)16(2)12(8)19/h3,10,17,19H,4H2,1-2H3,(H,15,18,20)/t10-/m1/s1. The van der Waals surface area contributed by atoms with E-state index in [2.05, 4.69) is 9.97 Å². The monoisotopic (exact) mass is 291 g/mol. The van der Waals surface area contributed by atoms with Crippen molar-refractivity contribution >= 4 is 0 Å². The molecule has 0 aromatic carbocycles. The van der Waals surface area contributed by atoms with Crippen LogP contribution in [0.2, 0.25) is 0 Å². The molecule has 1 aliphatic rings. The molecule has 0 aliphatic carbocycles. The van der Waals surface area contributed by atoms with Crippen molar-refractivity contribution in [2.24, 2.45) is 7.05 Å². The summed E-state index contributed by atoms with van der Waals surface area (Å²) in [5.74, 6) is -0.571. The molecule has 110 valence electrons. The zero-order valence-electron chi connectivity index (χ0n) is 11.4. The molecule has 2 aromatic heterocycles. The molecule has 21 heavy (non-hydrogen) atoms. The van der Waals surface area contributed by atoms with Crippen LogP contribution in [-0.2, 0) is 18.4 Å². The van der Waals surface area contributed by atoms with Crippen LogP contribution in [0.5, 0.6) is 11.6 Å². The molecule has 0 bridgehead atoms. The van der Waals surface area contributed by atoms with E-state index in [9.17, 15) is 19.8 Å². The number of fused-ring (bicyclic) bond motifs is 1. The maximum absolute atomic E-state index is 12.0. The third kappa shape index (κ3) is 1.83. The van der Waals surface area contributed by atoms with Crippen molar-refractivity contribution in [3.8, 4) is 11.6 Å². The van der Waals surface area contributed by atoms with Gasteiger partial charge in [0.05, 0.1) is 12.3 Å². The van der Waals surface area contributed by atoms with Crippen molar-refractivity contribution in [2.45, 2.75) is 19.6 Å². The lowest BCUT2D eigenvalue weighted by atomic mass is 10.0. The van der Waals surface area contributed by atoms with Crippen molar-refractivity contribution in [3.63, 3.8) is 0 Å². The first-order valence-corrected chi connectivity index (χ1v) is 6.23. The highest BCUT2D eigenvalue weighted by atomic mass is 16.5. The van der Waals surface area contributed by atoms with E-state index in [-0.39, 0.29) is 17.9 Å². The third-order valence-corrected chi connectivity index (χ3v) is 3.62. The number of hydrogen-bond donors (Lipinski definition) is 3. The fourth-order valence-corrected chi connectivity index (χ4v) is 2.41. The quantitative estimate of drug-likeness (QED) is 0.670. The predicted octanol–water partition coefficient (Wildman–Crippen LogP) is -0.192. The van der Waals surface area contributed by atoms with E-state index in [0.717, 1.165) is 4.57 Å². The summed E-state index contributed by atoms with van der Waals surface area (Å²) in [4.78, 5) is 29.6. The van der Waals surface area contributed by atoms with Gasteiger partial charge in [-0.1, -0.05) is 0 Å². The smallest absolute Gasteiger partial charge is 0.330 e. The second-order valence-corrected chi connectivity index (χ2v) is 4.88. The number of aromatic nitrogens is 3. The van der Waals surface area contributed by atoms with Crippen LogP contribution in [0, 0.1) is 6.92 Å². The van der Waals surface area contributed by atoms with Gasteiger partial charge in [-0.25, -0.2) is 4.79 Å². The zero-order chi connectivity index (χ0) is 15.3. The maximum atomic E-state index is 12.0. The summed E-state index contributed by atoms with van der Waals surface area (Å²) >= 11 is 0. The van der Waals surface area contributed by atoms with Gasteiger partial charge in [-0.2, -0.15) is 0 Å². The van der Waals surface area contributed by atoms with Crippen molar-refractivity contribution in [3.05, 3.63) is 49.4 Å². The number of hydrogen-bond acceptors (Lipinski definition) is 6. The summed E-state index contributed by atoms with van der Waals surface area (Å²) in [6.07, 6.45) is 0.606. The van der Waals surface area contributed by atoms with Gasteiger partial charge >= 0.3 is 5.69 Å². The van der Waals surface area contributed by atoms with E-state index in [1.165, 1.54) is 7.05 Å². The Balaban J connectivity index is 2.28. The average molecular weight is 291 g/mol. The number of H-pyrrole nitrogens is 1. The first-order valence-electron chi connectivity index (χ1n) is 6.23. The van der Waals surface area contributed by atoms with Gasteiger partial charge in [-0.3, -0.25) is 19.3 Å². The Bertz CT molecular complexity index is 852. The van der Waals surface area contributed by atoms with Crippen LogP contribution in [0.4, 0.5) is 0 Å². The van der Waals surface area contributed by atoms with Crippen molar-refractivity contribution in [2.75, 3.05) is 0 Å². The van der Waals surface area contributed by atoms with Crippen LogP contribution in [0.15, 0.2) is 15.8 Å². The summed E-state index contributed by atoms with van der Waals surface area (Å²) in [7, 11) is 1.32. The average Bonchev–Trinajstić information content (AvgIpc) is 2.85. The molecule has 8 nitrogen and oxygen atoms in total. The van der Waals surface area contributed by atoms with Crippen LogP contribution in [0.3, 0.4) is 0 Å². The second-order valence-electron chi connectivity index (χ2n) is 4.88. The van der Waals surface area contributed by atoms with E-state index in [0.29, 0.717) is 16.8 Å². The molecule has 8 heteroatoms. The lowest BCUT2D eigenvalue weighted by Crippen LogP contribution is -2.32. The molecular formula is C13H13N3O5. The highest BCUT2D eigenvalue weighted by Crippen LogP contribution is 2.42. The number of nitrogens with zero attached hydrogens (tertiary/aromatic N) is 2. The molecule has 3 heterocycles. The second kappa shape index (κ2) is 4.45. The molecule has 0 spiro atoms. The summed E-state index contributed by atoms with van der Waals surface area (Å²) < 4.78 is 6.41. The van der Waals surface area contributed by atoms with E-state index in [1.54, 1.807) is 13.1 Å². The fourth-order valence-electron chi connectivity index (χ4n) is 2.41. The van der Waals surface area contributed by atoms with Gasteiger partial charge in [0.25, 0.3) is 5.56 Å². The normalized spacial score (nSPS) is 17.0. The molecule has 0 radical (unpaired) electrons. The molecule has 0 saturated heterocycles. The number of pyridine rings is 1. The first-order chi connectivity index (χ1) is 9.91. The van der Waals surface area contributed by atoms with Gasteiger partial charge in [0.15, 0.2) is 0 Å². The highest BCUT2D eigenvalue weighted by Gasteiger charge is 2.34. The fraction of sp³-hybridized carbons (Fsp3) is 0.308. The van der Waals surface area contributed by atoms with Gasteiger partial charge in [0.2, 0.25) is 5.88 Å². The predicted molar refractivity (Wildman–Crippen MR) is 71.2 cm³/mol. The minimum Gasteiger partial charge on any atom is -0.506 e. The zero-order valence-corrected chi connectivity index (χ0v) is 11.4. The number of nitrogens with one attached hydrogen (secondary N) is 1. The molecule has 3 N–H and O–H groups in total. The van der Waals surface area contributed by atoms with Crippen molar-refractivity contribution in [1.29, 1.82) is 0 Å². The molecule has 0 fully saturated rings. The lowest BCUT2D eigenvalue weighted by molar-refractivity contribution is 0.0889. The summed E-state index contributed by atoms with van der Waals surface area (Å²) in [5.41, 5.74) is -0.170. The first kappa shape index (κ1) is 13.4. The Labute approximate surface area is 118 Å². The van der Waals surface area contributed by atoms with E-state index < -0.39 is 23.2 Å². The van der Waals surface area contributed by atoms with Crippen LogP contribution >= 0.6 is 0 Å². The Hall–Kier alpha value is -2.61. The number of rotatable bonds is 1. The van der Waals surface area contributed by atoms with E-state index >= 15 is 0 Å².